The van der Waals surface area contributed by atoms with Gasteiger partial charge in [0.05, 0.1) is 5.92 Å². The molecule has 0 radical (unpaired) electrons. The molecule has 1 N–H and O–H groups in total. The SMILES string of the molecule is Cc1ccc(NC(=O)C2COc3ccc(Cl)cc3C2)c(C)c1. The minimum atomic E-state index is -0.202. The quantitative estimate of drug-likeness (QED) is 0.904. The number of ether oxygens (including phenoxy) is 1. The molecule has 1 atom stereocenters. The van der Waals surface area contributed by atoms with Crippen molar-refractivity contribution in [2.24, 2.45) is 5.92 Å². The van der Waals surface area contributed by atoms with Gasteiger partial charge >= 0.3 is 0 Å². The third-order valence-corrected chi connectivity index (χ3v) is 4.17. The molecule has 3 rings (SSSR count). The van der Waals surface area contributed by atoms with Gasteiger partial charge in [-0.05, 0) is 55.7 Å². The molecule has 114 valence electrons. The third kappa shape index (κ3) is 3.09. The van der Waals surface area contributed by atoms with Crippen LogP contribution in [0.25, 0.3) is 0 Å². The Hall–Kier alpha value is -2.00. The zero-order valence-corrected chi connectivity index (χ0v) is 13.4. The zero-order chi connectivity index (χ0) is 15.7. The number of rotatable bonds is 2. The lowest BCUT2D eigenvalue weighted by Gasteiger charge is -2.25. The van der Waals surface area contributed by atoms with Gasteiger partial charge in [0.2, 0.25) is 5.91 Å². The zero-order valence-electron chi connectivity index (χ0n) is 12.7. The van der Waals surface area contributed by atoms with Crippen LogP contribution in [0.15, 0.2) is 36.4 Å². The smallest absolute Gasteiger partial charge is 0.231 e. The number of halogens is 1. The highest BCUT2D eigenvalue weighted by molar-refractivity contribution is 6.30. The highest BCUT2D eigenvalue weighted by atomic mass is 35.5. The van der Waals surface area contributed by atoms with Crippen molar-refractivity contribution in [1.29, 1.82) is 0 Å². The Labute approximate surface area is 135 Å². The summed E-state index contributed by atoms with van der Waals surface area (Å²) in [5, 5.41) is 3.67. The molecule has 0 spiro atoms. The van der Waals surface area contributed by atoms with E-state index in [-0.39, 0.29) is 11.8 Å². The van der Waals surface area contributed by atoms with Crippen LogP contribution in [0.2, 0.25) is 5.02 Å². The van der Waals surface area contributed by atoms with Crippen LogP contribution in [0, 0.1) is 19.8 Å². The van der Waals surface area contributed by atoms with Crippen molar-refractivity contribution in [1.82, 2.24) is 0 Å². The Bertz CT molecular complexity index is 727. The van der Waals surface area contributed by atoms with Gasteiger partial charge in [0, 0.05) is 10.7 Å². The summed E-state index contributed by atoms with van der Waals surface area (Å²) in [6.07, 6.45) is 0.645. The van der Waals surface area contributed by atoms with E-state index in [1.807, 2.05) is 38.1 Å². The predicted octanol–water partition coefficient (Wildman–Crippen LogP) is 4.15. The molecule has 4 heteroatoms. The monoisotopic (exact) mass is 315 g/mol. The van der Waals surface area contributed by atoms with Crippen molar-refractivity contribution in [2.75, 3.05) is 11.9 Å². The van der Waals surface area contributed by atoms with Crippen LogP contribution < -0.4 is 10.1 Å². The summed E-state index contributed by atoms with van der Waals surface area (Å²) in [6, 6.07) is 11.5. The van der Waals surface area contributed by atoms with Gasteiger partial charge in [0.15, 0.2) is 0 Å². The number of nitrogens with one attached hydrogen (secondary N) is 1. The van der Waals surface area contributed by atoms with Gasteiger partial charge in [-0.3, -0.25) is 4.79 Å². The van der Waals surface area contributed by atoms with Crippen LogP contribution in [0.3, 0.4) is 0 Å². The summed E-state index contributed by atoms with van der Waals surface area (Å²) in [5.41, 5.74) is 4.08. The van der Waals surface area contributed by atoms with E-state index in [1.165, 1.54) is 5.56 Å². The molecule has 0 saturated heterocycles. The maximum absolute atomic E-state index is 12.5. The minimum absolute atomic E-state index is 0.0161. The topological polar surface area (TPSA) is 38.3 Å². The summed E-state index contributed by atoms with van der Waals surface area (Å²) in [4.78, 5) is 12.5. The second-order valence-electron chi connectivity index (χ2n) is 5.77. The molecule has 1 unspecified atom stereocenters. The van der Waals surface area contributed by atoms with Crippen molar-refractivity contribution in [3.63, 3.8) is 0 Å². The molecule has 1 aliphatic rings. The first-order chi connectivity index (χ1) is 10.5. The van der Waals surface area contributed by atoms with Crippen LogP contribution in [0.5, 0.6) is 5.75 Å². The van der Waals surface area contributed by atoms with E-state index < -0.39 is 0 Å². The van der Waals surface area contributed by atoms with Gasteiger partial charge in [0.1, 0.15) is 12.4 Å². The van der Waals surface area contributed by atoms with Crippen LogP contribution in [0.4, 0.5) is 5.69 Å². The molecule has 3 nitrogen and oxygen atoms in total. The summed E-state index contributed by atoms with van der Waals surface area (Å²) >= 11 is 6.01. The van der Waals surface area contributed by atoms with Crippen molar-refractivity contribution >= 4 is 23.2 Å². The molecular weight excluding hydrogens is 298 g/mol. The van der Waals surface area contributed by atoms with Crippen LogP contribution >= 0.6 is 11.6 Å². The Morgan fingerprint density at radius 2 is 2.05 bits per heavy atom. The molecule has 0 saturated carbocycles. The predicted molar refractivity (Wildman–Crippen MR) is 88.7 cm³/mol. The average molecular weight is 316 g/mol. The van der Waals surface area contributed by atoms with Crippen LogP contribution in [0.1, 0.15) is 16.7 Å². The van der Waals surface area contributed by atoms with Crippen molar-refractivity contribution in [3.05, 3.63) is 58.1 Å². The van der Waals surface area contributed by atoms with E-state index >= 15 is 0 Å². The number of benzene rings is 2. The van der Waals surface area contributed by atoms with Gasteiger partial charge in [0.25, 0.3) is 0 Å². The molecule has 2 aromatic rings. The summed E-state index contributed by atoms with van der Waals surface area (Å²) < 4.78 is 5.68. The number of fused-ring (bicyclic) bond motifs is 1. The molecule has 0 fully saturated rings. The van der Waals surface area contributed by atoms with Crippen LogP contribution in [-0.2, 0) is 11.2 Å². The molecule has 2 aromatic carbocycles. The maximum atomic E-state index is 12.5. The number of anilines is 1. The standard InChI is InChI=1S/C18H18ClNO2/c1-11-3-5-16(12(2)7-11)20-18(21)14-8-13-9-15(19)4-6-17(13)22-10-14/h3-7,9,14H,8,10H2,1-2H3,(H,20,21). The minimum Gasteiger partial charge on any atom is -0.492 e. The lowest BCUT2D eigenvalue weighted by atomic mass is 9.96. The Morgan fingerprint density at radius 3 is 2.82 bits per heavy atom. The molecule has 1 aliphatic heterocycles. The molecular formula is C18H18ClNO2. The molecule has 22 heavy (non-hydrogen) atoms. The number of carbonyl (C=O) groups is 1. The highest BCUT2D eigenvalue weighted by Gasteiger charge is 2.26. The fraction of sp³-hybridized carbons (Fsp3) is 0.278. The second kappa shape index (κ2) is 6.01. The van der Waals surface area contributed by atoms with Gasteiger partial charge in [-0.2, -0.15) is 0 Å². The van der Waals surface area contributed by atoms with E-state index in [1.54, 1.807) is 6.07 Å². The number of amides is 1. The third-order valence-electron chi connectivity index (χ3n) is 3.94. The summed E-state index contributed by atoms with van der Waals surface area (Å²) in [7, 11) is 0. The lowest BCUT2D eigenvalue weighted by Crippen LogP contribution is -2.32. The first-order valence-corrected chi connectivity index (χ1v) is 7.70. The Morgan fingerprint density at radius 1 is 1.23 bits per heavy atom. The number of carbonyl (C=O) groups excluding carboxylic acids is 1. The Kier molecular flexibility index (Phi) is 4.08. The van der Waals surface area contributed by atoms with Crippen molar-refractivity contribution in [2.45, 2.75) is 20.3 Å². The molecule has 1 heterocycles. The van der Waals surface area contributed by atoms with Crippen LogP contribution in [-0.4, -0.2) is 12.5 Å². The lowest BCUT2D eigenvalue weighted by molar-refractivity contribution is -0.121. The largest absolute Gasteiger partial charge is 0.492 e. The van der Waals surface area contributed by atoms with E-state index in [2.05, 4.69) is 11.4 Å². The first kappa shape index (κ1) is 14.9. The van der Waals surface area contributed by atoms with E-state index in [4.69, 9.17) is 16.3 Å². The fourth-order valence-electron chi connectivity index (χ4n) is 2.72. The molecule has 0 bridgehead atoms. The number of hydrogen-bond acceptors (Lipinski definition) is 2. The number of aryl methyl sites for hydroxylation is 2. The van der Waals surface area contributed by atoms with E-state index in [0.29, 0.717) is 18.1 Å². The summed E-state index contributed by atoms with van der Waals surface area (Å²) in [6.45, 7) is 4.43. The first-order valence-electron chi connectivity index (χ1n) is 7.32. The average Bonchev–Trinajstić information content (AvgIpc) is 2.49. The maximum Gasteiger partial charge on any atom is 0.231 e. The molecule has 0 aromatic heterocycles. The normalized spacial score (nSPS) is 16.6. The number of hydrogen-bond donors (Lipinski definition) is 1. The van der Waals surface area contributed by atoms with E-state index in [0.717, 1.165) is 22.6 Å². The highest BCUT2D eigenvalue weighted by Crippen LogP contribution is 2.30. The summed E-state index contributed by atoms with van der Waals surface area (Å²) in [5.74, 6) is 0.601. The van der Waals surface area contributed by atoms with Gasteiger partial charge in [-0.25, -0.2) is 0 Å². The molecule has 0 aliphatic carbocycles. The van der Waals surface area contributed by atoms with Gasteiger partial charge in [-0.1, -0.05) is 29.3 Å². The second-order valence-corrected chi connectivity index (χ2v) is 6.21. The fourth-order valence-corrected chi connectivity index (χ4v) is 2.91. The molecule has 1 amide bonds. The van der Waals surface area contributed by atoms with Crippen molar-refractivity contribution < 1.29 is 9.53 Å². The Balaban J connectivity index is 1.74. The van der Waals surface area contributed by atoms with E-state index in [9.17, 15) is 4.79 Å². The van der Waals surface area contributed by atoms with Gasteiger partial charge in [-0.15, -0.1) is 0 Å². The van der Waals surface area contributed by atoms with Gasteiger partial charge < -0.3 is 10.1 Å². The van der Waals surface area contributed by atoms with Crippen molar-refractivity contribution in [3.8, 4) is 5.75 Å².